The van der Waals surface area contributed by atoms with E-state index in [2.05, 4.69) is 5.32 Å². The number of amides is 2. The van der Waals surface area contributed by atoms with E-state index in [9.17, 15) is 14.0 Å². The van der Waals surface area contributed by atoms with Crippen molar-refractivity contribution in [3.63, 3.8) is 0 Å². The zero-order valence-corrected chi connectivity index (χ0v) is 15.8. The summed E-state index contributed by atoms with van der Waals surface area (Å²) in [5, 5.41) is 2.84. The van der Waals surface area contributed by atoms with Crippen molar-refractivity contribution >= 4 is 12.0 Å². The van der Waals surface area contributed by atoms with E-state index in [0.29, 0.717) is 31.5 Å². The highest BCUT2D eigenvalue weighted by Crippen LogP contribution is 2.19. The second kappa shape index (κ2) is 8.38. The highest BCUT2D eigenvalue weighted by atomic mass is 19.1. The molecule has 0 unspecified atom stereocenters. The Hall–Kier alpha value is -2.31. The van der Waals surface area contributed by atoms with Crippen LogP contribution in [0.25, 0.3) is 0 Å². The summed E-state index contributed by atoms with van der Waals surface area (Å²) < 4.78 is 23.9. The Balaban J connectivity index is 1.81. The van der Waals surface area contributed by atoms with Crippen LogP contribution in [0.3, 0.4) is 0 Å². The summed E-state index contributed by atoms with van der Waals surface area (Å²) in [4.78, 5) is 26.0. The molecular weight excluding hydrogens is 339 g/mol. The van der Waals surface area contributed by atoms with Gasteiger partial charge in [-0.15, -0.1) is 0 Å². The molecule has 0 aliphatic carbocycles. The lowest BCUT2D eigenvalue weighted by Gasteiger charge is -2.33. The molecule has 0 aromatic heterocycles. The maximum atomic E-state index is 13.7. The summed E-state index contributed by atoms with van der Waals surface area (Å²) in [6, 6.07) is 4.53. The Labute approximate surface area is 153 Å². The summed E-state index contributed by atoms with van der Waals surface area (Å²) >= 11 is 0. The third-order valence-corrected chi connectivity index (χ3v) is 4.14. The van der Waals surface area contributed by atoms with Crippen LogP contribution >= 0.6 is 0 Å². The minimum Gasteiger partial charge on any atom is -0.494 e. The lowest BCUT2D eigenvalue weighted by atomic mass is 10.0. The third-order valence-electron chi connectivity index (χ3n) is 4.14. The molecule has 2 amide bonds. The molecule has 1 heterocycles. The van der Waals surface area contributed by atoms with Gasteiger partial charge in [0.05, 0.1) is 13.5 Å². The van der Waals surface area contributed by atoms with E-state index < -0.39 is 17.5 Å². The first-order valence-electron chi connectivity index (χ1n) is 8.77. The van der Waals surface area contributed by atoms with Crippen LogP contribution in [0.4, 0.5) is 9.18 Å². The van der Waals surface area contributed by atoms with Crippen LogP contribution in [0.5, 0.6) is 5.75 Å². The number of benzene rings is 1. The molecule has 144 valence electrons. The van der Waals surface area contributed by atoms with Gasteiger partial charge in [-0.2, -0.15) is 0 Å². The van der Waals surface area contributed by atoms with Gasteiger partial charge >= 0.3 is 6.09 Å². The first kappa shape index (κ1) is 20.0. The normalized spacial score (nSPS) is 15.5. The Morgan fingerprint density at radius 3 is 2.46 bits per heavy atom. The first-order valence-corrected chi connectivity index (χ1v) is 8.77. The van der Waals surface area contributed by atoms with Gasteiger partial charge in [-0.25, -0.2) is 9.18 Å². The molecule has 6 nitrogen and oxygen atoms in total. The number of ether oxygens (including phenoxy) is 2. The fourth-order valence-electron chi connectivity index (χ4n) is 2.85. The molecule has 1 saturated heterocycles. The highest BCUT2D eigenvalue weighted by molar-refractivity contribution is 5.79. The number of nitrogens with one attached hydrogen (secondary N) is 1. The lowest BCUT2D eigenvalue weighted by Crippen LogP contribution is -2.48. The summed E-state index contributed by atoms with van der Waals surface area (Å²) in [6.07, 6.45) is 1.05. The van der Waals surface area contributed by atoms with Crippen LogP contribution in [0.1, 0.15) is 39.2 Å². The second-order valence-corrected chi connectivity index (χ2v) is 7.45. The number of carbonyl (C=O) groups is 2. The van der Waals surface area contributed by atoms with Crippen molar-refractivity contribution in [1.29, 1.82) is 0 Å². The predicted octanol–water partition coefficient (Wildman–Crippen LogP) is 2.89. The SMILES string of the molecule is COc1ccc(CC(=O)N2CCC(NC(=O)OC(C)(C)C)CC2)cc1F. The molecule has 1 aliphatic rings. The van der Waals surface area contributed by atoms with E-state index in [0.717, 1.165) is 0 Å². The van der Waals surface area contributed by atoms with E-state index in [-0.39, 0.29) is 24.1 Å². The Morgan fingerprint density at radius 2 is 1.92 bits per heavy atom. The topological polar surface area (TPSA) is 67.9 Å². The molecule has 0 saturated carbocycles. The Bertz CT molecular complexity index is 649. The van der Waals surface area contributed by atoms with Gasteiger partial charge in [0.25, 0.3) is 0 Å². The van der Waals surface area contributed by atoms with Crippen molar-refractivity contribution in [2.24, 2.45) is 0 Å². The number of rotatable bonds is 4. The molecule has 1 aliphatic heterocycles. The van der Waals surface area contributed by atoms with Gasteiger partial charge in [0.2, 0.25) is 5.91 Å². The van der Waals surface area contributed by atoms with Gasteiger partial charge in [0.1, 0.15) is 5.60 Å². The number of likely N-dealkylation sites (tertiary alicyclic amines) is 1. The number of methoxy groups -OCH3 is 1. The van der Waals surface area contributed by atoms with Crippen molar-refractivity contribution in [2.75, 3.05) is 20.2 Å². The number of hydrogen-bond acceptors (Lipinski definition) is 4. The van der Waals surface area contributed by atoms with Crippen molar-refractivity contribution in [3.05, 3.63) is 29.6 Å². The molecule has 1 aromatic rings. The van der Waals surface area contributed by atoms with Crippen LogP contribution in [0.15, 0.2) is 18.2 Å². The van der Waals surface area contributed by atoms with Crippen LogP contribution < -0.4 is 10.1 Å². The number of nitrogens with zero attached hydrogens (tertiary/aromatic N) is 1. The molecule has 0 bridgehead atoms. The summed E-state index contributed by atoms with van der Waals surface area (Å²) in [5.41, 5.74) is 0.0799. The molecule has 1 N–H and O–H groups in total. The van der Waals surface area contributed by atoms with Gasteiger partial charge in [-0.05, 0) is 51.3 Å². The summed E-state index contributed by atoms with van der Waals surface area (Å²) in [7, 11) is 1.40. The average Bonchev–Trinajstić information content (AvgIpc) is 2.53. The Kier molecular flexibility index (Phi) is 6.45. The number of alkyl carbamates (subject to hydrolysis) is 1. The van der Waals surface area contributed by atoms with E-state index in [1.807, 2.05) is 20.8 Å². The van der Waals surface area contributed by atoms with E-state index in [1.165, 1.54) is 19.2 Å². The van der Waals surface area contributed by atoms with Crippen molar-refractivity contribution in [2.45, 2.75) is 51.7 Å². The lowest BCUT2D eigenvalue weighted by molar-refractivity contribution is -0.131. The van der Waals surface area contributed by atoms with E-state index >= 15 is 0 Å². The monoisotopic (exact) mass is 366 g/mol. The van der Waals surface area contributed by atoms with Gasteiger partial charge in [-0.3, -0.25) is 4.79 Å². The van der Waals surface area contributed by atoms with Crippen LogP contribution in [-0.2, 0) is 16.0 Å². The maximum Gasteiger partial charge on any atom is 0.407 e. The van der Waals surface area contributed by atoms with Gasteiger partial charge in [-0.1, -0.05) is 6.07 Å². The fraction of sp³-hybridized carbons (Fsp3) is 0.579. The molecule has 0 atom stereocenters. The number of piperidine rings is 1. The molecule has 26 heavy (non-hydrogen) atoms. The predicted molar refractivity (Wildman–Crippen MR) is 95.6 cm³/mol. The molecule has 1 fully saturated rings. The van der Waals surface area contributed by atoms with Gasteiger partial charge in [0.15, 0.2) is 11.6 Å². The average molecular weight is 366 g/mol. The van der Waals surface area contributed by atoms with Crippen LogP contribution in [0, 0.1) is 5.82 Å². The van der Waals surface area contributed by atoms with Gasteiger partial charge < -0.3 is 19.7 Å². The minimum absolute atomic E-state index is 0.00710. The second-order valence-electron chi connectivity index (χ2n) is 7.45. The largest absolute Gasteiger partial charge is 0.494 e. The fourth-order valence-corrected chi connectivity index (χ4v) is 2.85. The third kappa shape index (κ3) is 5.89. The molecule has 0 spiro atoms. The quantitative estimate of drug-likeness (QED) is 0.890. The maximum absolute atomic E-state index is 13.7. The number of hydrogen-bond donors (Lipinski definition) is 1. The minimum atomic E-state index is -0.533. The number of carbonyl (C=O) groups excluding carboxylic acids is 2. The summed E-state index contributed by atoms with van der Waals surface area (Å²) in [6.45, 7) is 6.55. The van der Waals surface area contributed by atoms with E-state index in [1.54, 1.807) is 11.0 Å². The molecule has 7 heteroatoms. The standard InChI is InChI=1S/C19H27FN2O4/c1-19(2,3)26-18(24)21-14-7-9-22(10-8-14)17(23)12-13-5-6-16(25-4)15(20)11-13/h5-6,11,14H,7-10,12H2,1-4H3,(H,21,24). The van der Waals surface area contributed by atoms with Crippen molar-refractivity contribution in [1.82, 2.24) is 10.2 Å². The smallest absolute Gasteiger partial charge is 0.407 e. The van der Waals surface area contributed by atoms with E-state index in [4.69, 9.17) is 9.47 Å². The number of halogens is 1. The zero-order chi connectivity index (χ0) is 19.3. The zero-order valence-electron chi connectivity index (χ0n) is 15.8. The molecule has 1 aromatic carbocycles. The molecular formula is C19H27FN2O4. The van der Waals surface area contributed by atoms with Crippen molar-refractivity contribution < 1.29 is 23.5 Å². The first-order chi connectivity index (χ1) is 12.2. The van der Waals surface area contributed by atoms with Crippen LogP contribution in [0.2, 0.25) is 0 Å². The molecule has 2 rings (SSSR count). The Morgan fingerprint density at radius 1 is 1.27 bits per heavy atom. The summed E-state index contributed by atoms with van der Waals surface area (Å²) in [5.74, 6) is -0.362. The van der Waals surface area contributed by atoms with Gasteiger partial charge in [0, 0.05) is 19.1 Å². The van der Waals surface area contributed by atoms with Crippen molar-refractivity contribution in [3.8, 4) is 5.75 Å². The van der Waals surface area contributed by atoms with Crippen LogP contribution in [-0.4, -0.2) is 48.7 Å². The molecule has 0 radical (unpaired) electrons. The highest BCUT2D eigenvalue weighted by Gasteiger charge is 2.25.